The number of hydrogen-bond acceptors (Lipinski definition) is 5. The minimum absolute atomic E-state index is 0.123. The number of para-hydroxylation sites is 1. The SMILES string of the molecule is CCCn1c2ccccc2c2nnc(SCC(=O)c3cc(C)n(C4CC4)c3C)nc21. The molecular weight excluding hydrogens is 394 g/mol. The highest BCUT2D eigenvalue weighted by Crippen LogP contribution is 2.38. The van der Waals surface area contributed by atoms with Crippen LogP contribution in [0.15, 0.2) is 35.5 Å². The monoisotopic (exact) mass is 419 g/mol. The van der Waals surface area contributed by atoms with Gasteiger partial charge in [-0.1, -0.05) is 36.9 Å². The van der Waals surface area contributed by atoms with Crippen molar-refractivity contribution in [3.8, 4) is 0 Å². The second-order valence-corrected chi connectivity index (χ2v) is 8.98. The molecule has 0 N–H and O–H groups in total. The van der Waals surface area contributed by atoms with Crippen LogP contribution in [-0.4, -0.2) is 35.9 Å². The molecule has 3 aromatic heterocycles. The zero-order chi connectivity index (χ0) is 20.8. The molecule has 6 nitrogen and oxygen atoms in total. The number of thioether (sulfide) groups is 1. The number of benzene rings is 1. The van der Waals surface area contributed by atoms with E-state index in [-0.39, 0.29) is 5.78 Å². The molecule has 0 radical (unpaired) electrons. The van der Waals surface area contributed by atoms with Gasteiger partial charge in [-0.15, -0.1) is 10.2 Å². The number of hydrogen-bond donors (Lipinski definition) is 0. The van der Waals surface area contributed by atoms with E-state index >= 15 is 0 Å². The summed E-state index contributed by atoms with van der Waals surface area (Å²) in [5.74, 6) is 0.439. The second kappa shape index (κ2) is 7.54. The van der Waals surface area contributed by atoms with Gasteiger partial charge in [0.1, 0.15) is 5.52 Å². The van der Waals surface area contributed by atoms with E-state index in [0.717, 1.165) is 46.3 Å². The number of carbonyl (C=O) groups is 1. The summed E-state index contributed by atoms with van der Waals surface area (Å²) in [6.45, 7) is 7.17. The van der Waals surface area contributed by atoms with Crippen molar-refractivity contribution >= 4 is 39.6 Å². The van der Waals surface area contributed by atoms with Crippen LogP contribution in [-0.2, 0) is 6.54 Å². The average Bonchev–Trinajstić information content (AvgIpc) is 3.48. The Labute approximate surface area is 179 Å². The average molecular weight is 420 g/mol. The fraction of sp³-hybridized carbons (Fsp3) is 0.391. The summed E-state index contributed by atoms with van der Waals surface area (Å²) in [5.41, 5.74) is 5.87. The molecule has 0 unspecified atom stereocenters. The summed E-state index contributed by atoms with van der Waals surface area (Å²) in [7, 11) is 0. The Bertz CT molecular complexity index is 1270. The van der Waals surface area contributed by atoms with Crippen LogP contribution in [0.2, 0.25) is 0 Å². The lowest BCUT2D eigenvalue weighted by Gasteiger charge is -2.07. The molecular formula is C23H25N5OS. The predicted molar refractivity (Wildman–Crippen MR) is 120 cm³/mol. The Balaban J connectivity index is 1.42. The van der Waals surface area contributed by atoms with E-state index in [4.69, 9.17) is 4.98 Å². The first kappa shape index (κ1) is 19.3. The lowest BCUT2D eigenvalue weighted by atomic mass is 10.2. The quantitative estimate of drug-likeness (QED) is 0.307. The van der Waals surface area contributed by atoms with Crippen molar-refractivity contribution in [3.05, 3.63) is 47.3 Å². The van der Waals surface area contributed by atoms with Crippen LogP contribution in [0.1, 0.15) is 54.0 Å². The Morgan fingerprint density at radius 3 is 2.77 bits per heavy atom. The summed E-state index contributed by atoms with van der Waals surface area (Å²) in [6, 6.07) is 10.8. The normalized spacial score (nSPS) is 14.1. The van der Waals surface area contributed by atoms with Crippen LogP contribution in [0.4, 0.5) is 0 Å². The van der Waals surface area contributed by atoms with Crippen LogP contribution in [0.5, 0.6) is 0 Å². The molecule has 30 heavy (non-hydrogen) atoms. The Morgan fingerprint density at radius 2 is 2.00 bits per heavy atom. The number of fused-ring (bicyclic) bond motifs is 3. The van der Waals surface area contributed by atoms with Gasteiger partial charge in [-0.2, -0.15) is 0 Å². The second-order valence-electron chi connectivity index (χ2n) is 8.03. The van der Waals surface area contributed by atoms with E-state index in [1.165, 1.54) is 30.3 Å². The number of aryl methyl sites for hydroxylation is 2. The molecule has 1 saturated carbocycles. The maximum absolute atomic E-state index is 12.9. The summed E-state index contributed by atoms with van der Waals surface area (Å²) < 4.78 is 4.51. The molecule has 0 aliphatic heterocycles. The molecule has 0 spiro atoms. The van der Waals surface area contributed by atoms with Crippen molar-refractivity contribution < 1.29 is 4.79 Å². The zero-order valence-electron chi connectivity index (χ0n) is 17.6. The summed E-state index contributed by atoms with van der Waals surface area (Å²) >= 11 is 1.37. The zero-order valence-corrected chi connectivity index (χ0v) is 18.4. The fourth-order valence-electron chi connectivity index (χ4n) is 4.36. The minimum atomic E-state index is 0.123. The molecule has 154 valence electrons. The molecule has 1 aliphatic carbocycles. The standard InChI is InChI=1S/C23H25N5OS/c1-4-11-27-19-8-6-5-7-17(19)21-22(27)24-23(26-25-21)30-13-20(29)18-12-14(2)28(15(18)3)16-9-10-16/h5-8,12,16H,4,9-11,13H2,1-3H3. The lowest BCUT2D eigenvalue weighted by Crippen LogP contribution is -2.07. The van der Waals surface area contributed by atoms with Crippen molar-refractivity contribution in [2.75, 3.05) is 5.75 Å². The van der Waals surface area contributed by atoms with Crippen LogP contribution in [0.3, 0.4) is 0 Å². The lowest BCUT2D eigenvalue weighted by molar-refractivity contribution is 0.102. The minimum Gasteiger partial charge on any atom is -0.345 e. The third-order valence-electron chi connectivity index (χ3n) is 5.83. The van der Waals surface area contributed by atoms with Crippen LogP contribution >= 0.6 is 11.8 Å². The third kappa shape index (κ3) is 3.21. The van der Waals surface area contributed by atoms with Crippen LogP contribution < -0.4 is 0 Å². The molecule has 1 aromatic carbocycles. The molecule has 1 fully saturated rings. The highest BCUT2D eigenvalue weighted by molar-refractivity contribution is 7.99. The van der Waals surface area contributed by atoms with Gasteiger partial charge in [-0.25, -0.2) is 4.98 Å². The maximum atomic E-state index is 12.9. The smallest absolute Gasteiger partial charge is 0.211 e. The number of Topliss-reactive ketones (excluding diaryl/α,β-unsaturated/α-hetero) is 1. The first-order valence-corrected chi connectivity index (χ1v) is 11.5. The van der Waals surface area contributed by atoms with Gasteiger partial charge in [0.05, 0.1) is 11.3 Å². The van der Waals surface area contributed by atoms with E-state index in [0.29, 0.717) is 17.0 Å². The summed E-state index contributed by atoms with van der Waals surface area (Å²) in [5, 5.41) is 10.4. The summed E-state index contributed by atoms with van der Waals surface area (Å²) in [4.78, 5) is 17.7. The number of rotatable bonds is 7. The van der Waals surface area contributed by atoms with Crippen LogP contribution in [0.25, 0.3) is 22.1 Å². The van der Waals surface area contributed by atoms with Gasteiger partial charge in [0.2, 0.25) is 5.16 Å². The first-order valence-electron chi connectivity index (χ1n) is 10.5. The molecule has 4 aromatic rings. The molecule has 0 amide bonds. The number of carbonyl (C=O) groups excluding carboxylic acids is 1. The van der Waals surface area contributed by atoms with Crippen LogP contribution in [0, 0.1) is 13.8 Å². The largest absolute Gasteiger partial charge is 0.345 e. The molecule has 0 atom stereocenters. The van der Waals surface area contributed by atoms with Gasteiger partial charge in [-0.3, -0.25) is 4.79 Å². The van der Waals surface area contributed by atoms with E-state index in [2.05, 4.69) is 52.2 Å². The van der Waals surface area contributed by atoms with Gasteiger partial charge >= 0.3 is 0 Å². The number of aromatic nitrogens is 5. The summed E-state index contributed by atoms with van der Waals surface area (Å²) in [6.07, 6.45) is 3.43. The van der Waals surface area contributed by atoms with E-state index < -0.39 is 0 Å². The molecule has 5 rings (SSSR count). The van der Waals surface area contributed by atoms with E-state index in [1.54, 1.807) is 0 Å². The van der Waals surface area contributed by atoms with Gasteiger partial charge in [0.25, 0.3) is 0 Å². The molecule has 1 aliphatic rings. The topological polar surface area (TPSA) is 65.6 Å². The van der Waals surface area contributed by atoms with E-state index in [9.17, 15) is 4.79 Å². The van der Waals surface area contributed by atoms with Crippen molar-refractivity contribution in [3.63, 3.8) is 0 Å². The Morgan fingerprint density at radius 1 is 1.20 bits per heavy atom. The maximum Gasteiger partial charge on any atom is 0.211 e. The number of ketones is 1. The van der Waals surface area contributed by atoms with Gasteiger partial charge in [0.15, 0.2) is 11.4 Å². The molecule has 0 saturated heterocycles. The Hall–Kier alpha value is -2.67. The molecule has 3 heterocycles. The number of nitrogens with zero attached hydrogens (tertiary/aromatic N) is 5. The van der Waals surface area contributed by atoms with Gasteiger partial charge < -0.3 is 9.13 Å². The highest BCUT2D eigenvalue weighted by Gasteiger charge is 2.28. The highest BCUT2D eigenvalue weighted by atomic mass is 32.2. The van der Waals surface area contributed by atoms with E-state index in [1.807, 2.05) is 18.2 Å². The predicted octanol–water partition coefficient (Wildman–Crippen LogP) is 5.12. The fourth-order valence-corrected chi connectivity index (χ4v) is 5.03. The first-order chi connectivity index (χ1) is 14.6. The Kier molecular flexibility index (Phi) is 4.85. The van der Waals surface area contributed by atoms with Crippen molar-refractivity contribution in [1.29, 1.82) is 0 Å². The van der Waals surface area contributed by atoms with Gasteiger partial charge in [0, 0.05) is 34.9 Å². The van der Waals surface area contributed by atoms with Crippen molar-refractivity contribution in [2.45, 2.75) is 57.8 Å². The van der Waals surface area contributed by atoms with Gasteiger partial charge in [-0.05, 0) is 45.2 Å². The molecule has 7 heteroatoms. The van der Waals surface area contributed by atoms with Crippen molar-refractivity contribution in [1.82, 2.24) is 24.3 Å². The third-order valence-corrected chi connectivity index (χ3v) is 6.67. The van der Waals surface area contributed by atoms with Crippen molar-refractivity contribution in [2.24, 2.45) is 0 Å². The molecule has 0 bridgehead atoms.